The van der Waals surface area contributed by atoms with E-state index in [1.165, 1.54) is 6.07 Å². The predicted octanol–water partition coefficient (Wildman–Crippen LogP) is 0.984. The molecule has 4 N–H and O–H groups in total. The Morgan fingerprint density at radius 2 is 1.93 bits per heavy atom. The number of carboxylic acid groups (broad SMARTS) is 2. The fraction of sp³-hybridized carbons (Fsp3) is 0.200. The van der Waals surface area contributed by atoms with Gasteiger partial charge in [-0.2, -0.15) is 0 Å². The molecule has 0 radical (unpaired) electrons. The molecule has 0 aliphatic rings. The van der Waals surface area contributed by atoms with Gasteiger partial charge in [0.15, 0.2) is 0 Å². The van der Waals surface area contributed by atoms with Gasteiger partial charge in [-0.1, -0.05) is 12.1 Å². The van der Waals surface area contributed by atoms with E-state index in [2.05, 4.69) is 0 Å². The second-order valence-corrected chi connectivity index (χ2v) is 3.08. The van der Waals surface area contributed by atoms with Crippen molar-refractivity contribution in [2.24, 2.45) is 0 Å². The zero-order chi connectivity index (χ0) is 11.4. The summed E-state index contributed by atoms with van der Waals surface area (Å²) < 4.78 is 0. The van der Waals surface area contributed by atoms with Gasteiger partial charge in [-0.3, -0.25) is 4.79 Å². The number of aromatic carboxylic acids is 1. The summed E-state index contributed by atoms with van der Waals surface area (Å²) in [5.74, 6) is -2.10. The van der Waals surface area contributed by atoms with Crippen molar-refractivity contribution in [3.8, 4) is 0 Å². The molecule has 15 heavy (non-hydrogen) atoms. The van der Waals surface area contributed by atoms with Crippen LogP contribution in [0.15, 0.2) is 18.2 Å². The molecular weight excluding hydrogens is 198 g/mol. The van der Waals surface area contributed by atoms with E-state index in [9.17, 15) is 9.59 Å². The molecule has 0 amide bonds. The number of hydrogen-bond acceptors (Lipinski definition) is 3. The Morgan fingerprint density at radius 1 is 1.27 bits per heavy atom. The Bertz CT molecular complexity index is 400. The highest BCUT2D eigenvalue weighted by molar-refractivity contribution is 5.95. The molecule has 0 atom stereocenters. The quantitative estimate of drug-likeness (QED) is 0.642. The van der Waals surface area contributed by atoms with Crippen LogP contribution in [0.2, 0.25) is 0 Å². The van der Waals surface area contributed by atoms with Gasteiger partial charge in [0.2, 0.25) is 0 Å². The zero-order valence-electron chi connectivity index (χ0n) is 7.93. The average Bonchev–Trinajstić information content (AvgIpc) is 2.13. The molecule has 5 heteroatoms. The molecule has 0 fully saturated rings. The maximum atomic E-state index is 10.9. The highest BCUT2D eigenvalue weighted by atomic mass is 16.4. The van der Waals surface area contributed by atoms with Gasteiger partial charge < -0.3 is 15.9 Å². The first-order chi connectivity index (χ1) is 7.02. The summed E-state index contributed by atoms with van der Waals surface area (Å²) in [6, 6.07) is 4.66. The Kier molecular flexibility index (Phi) is 3.28. The van der Waals surface area contributed by atoms with Crippen LogP contribution in [0.3, 0.4) is 0 Å². The molecule has 0 spiro atoms. The SMILES string of the molecule is Nc1cccc(CCC(=O)O)c1C(=O)O. The van der Waals surface area contributed by atoms with E-state index in [0.717, 1.165) is 0 Å². The molecule has 0 aromatic heterocycles. The average molecular weight is 209 g/mol. The number of aryl methyl sites for hydroxylation is 1. The number of aliphatic carboxylic acids is 1. The topological polar surface area (TPSA) is 101 Å². The largest absolute Gasteiger partial charge is 0.481 e. The van der Waals surface area contributed by atoms with E-state index < -0.39 is 11.9 Å². The molecule has 1 aromatic rings. The van der Waals surface area contributed by atoms with Crippen molar-refractivity contribution in [2.45, 2.75) is 12.8 Å². The number of nitrogen functional groups attached to an aromatic ring is 1. The van der Waals surface area contributed by atoms with Gasteiger partial charge in [0.05, 0.1) is 5.56 Å². The Morgan fingerprint density at radius 3 is 2.47 bits per heavy atom. The van der Waals surface area contributed by atoms with Gasteiger partial charge in [-0.05, 0) is 18.1 Å². The van der Waals surface area contributed by atoms with Crippen LogP contribution in [-0.2, 0) is 11.2 Å². The summed E-state index contributed by atoms with van der Waals surface area (Å²) in [7, 11) is 0. The van der Waals surface area contributed by atoms with E-state index in [0.29, 0.717) is 5.56 Å². The summed E-state index contributed by atoms with van der Waals surface area (Å²) in [6.45, 7) is 0. The summed E-state index contributed by atoms with van der Waals surface area (Å²) in [6.07, 6.45) is 0.0612. The maximum absolute atomic E-state index is 10.9. The molecule has 0 aliphatic heterocycles. The van der Waals surface area contributed by atoms with Crippen LogP contribution < -0.4 is 5.73 Å². The third kappa shape index (κ3) is 2.70. The minimum Gasteiger partial charge on any atom is -0.481 e. The van der Waals surface area contributed by atoms with Crippen LogP contribution in [0, 0.1) is 0 Å². The van der Waals surface area contributed by atoms with Crippen LogP contribution in [0.25, 0.3) is 0 Å². The molecule has 5 nitrogen and oxygen atoms in total. The van der Waals surface area contributed by atoms with Crippen molar-refractivity contribution in [1.29, 1.82) is 0 Å². The van der Waals surface area contributed by atoms with Gasteiger partial charge in [-0.15, -0.1) is 0 Å². The van der Waals surface area contributed by atoms with E-state index in [1.807, 2.05) is 0 Å². The maximum Gasteiger partial charge on any atom is 0.338 e. The summed E-state index contributed by atoms with van der Waals surface area (Å²) in [5, 5.41) is 17.4. The minimum absolute atomic E-state index is 0.00116. The molecule has 0 saturated carbocycles. The minimum atomic E-state index is -1.13. The lowest BCUT2D eigenvalue weighted by Gasteiger charge is -2.06. The number of anilines is 1. The molecule has 1 rings (SSSR count). The Labute approximate surface area is 86.1 Å². The molecular formula is C10H11NO4. The number of rotatable bonds is 4. The van der Waals surface area contributed by atoms with Gasteiger partial charge in [0.25, 0.3) is 0 Å². The Hall–Kier alpha value is -2.04. The van der Waals surface area contributed by atoms with Gasteiger partial charge in [-0.25, -0.2) is 4.79 Å². The van der Waals surface area contributed by atoms with E-state index in [-0.39, 0.29) is 24.1 Å². The Balaban J connectivity index is 3.01. The van der Waals surface area contributed by atoms with Crippen LogP contribution in [0.4, 0.5) is 5.69 Å². The fourth-order valence-corrected chi connectivity index (χ4v) is 1.33. The van der Waals surface area contributed by atoms with Crippen molar-refractivity contribution >= 4 is 17.6 Å². The van der Waals surface area contributed by atoms with Gasteiger partial charge in [0, 0.05) is 12.1 Å². The normalized spacial score (nSPS) is 9.87. The lowest BCUT2D eigenvalue weighted by molar-refractivity contribution is -0.136. The standard InChI is InChI=1S/C10H11NO4/c11-7-3-1-2-6(4-5-8(12)13)9(7)10(14)15/h1-3H,4-5,11H2,(H,12,13)(H,14,15). The van der Waals surface area contributed by atoms with Gasteiger partial charge >= 0.3 is 11.9 Å². The van der Waals surface area contributed by atoms with Crippen molar-refractivity contribution in [3.63, 3.8) is 0 Å². The molecule has 0 aliphatic carbocycles. The number of hydrogen-bond donors (Lipinski definition) is 3. The van der Waals surface area contributed by atoms with Crippen LogP contribution in [0.5, 0.6) is 0 Å². The molecule has 80 valence electrons. The van der Waals surface area contributed by atoms with Crippen molar-refractivity contribution in [2.75, 3.05) is 5.73 Å². The van der Waals surface area contributed by atoms with Crippen LogP contribution in [-0.4, -0.2) is 22.2 Å². The lowest BCUT2D eigenvalue weighted by Crippen LogP contribution is -2.08. The molecule has 0 saturated heterocycles. The fourth-order valence-electron chi connectivity index (χ4n) is 1.33. The number of benzene rings is 1. The molecule has 0 unspecified atom stereocenters. The summed E-state index contributed by atoms with van der Waals surface area (Å²) in [5.41, 5.74) is 6.11. The predicted molar refractivity (Wildman–Crippen MR) is 53.8 cm³/mol. The second-order valence-electron chi connectivity index (χ2n) is 3.08. The number of carboxylic acids is 2. The third-order valence-electron chi connectivity index (χ3n) is 2.01. The van der Waals surface area contributed by atoms with E-state index >= 15 is 0 Å². The highest BCUT2D eigenvalue weighted by Crippen LogP contribution is 2.18. The van der Waals surface area contributed by atoms with Crippen LogP contribution in [0.1, 0.15) is 22.3 Å². The lowest BCUT2D eigenvalue weighted by atomic mass is 10.0. The van der Waals surface area contributed by atoms with E-state index in [1.54, 1.807) is 12.1 Å². The number of carbonyl (C=O) groups is 2. The first kappa shape index (κ1) is 11.0. The first-order valence-electron chi connectivity index (χ1n) is 4.35. The third-order valence-corrected chi connectivity index (χ3v) is 2.01. The van der Waals surface area contributed by atoms with Crippen molar-refractivity contribution in [3.05, 3.63) is 29.3 Å². The zero-order valence-corrected chi connectivity index (χ0v) is 7.93. The van der Waals surface area contributed by atoms with Crippen molar-refractivity contribution < 1.29 is 19.8 Å². The molecule has 1 aromatic carbocycles. The molecule has 0 heterocycles. The summed E-state index contributed by atoms with van der Waals surface area (Å²) >= 11 is 0. The van der Waals surface area contributed by atoms with Crippen LogP contribution >= 0.6 is 0 Å². The summed E-state index contributed by atoms with van der Waals surface area (Å²) in [4.78, 5) is 21.2. The highest BCUT2D eigenvalue weighted by Gasteiger charge is 2.13. The van der Waals surface area contributed by atoms with E-state index in [4.69, 9.17) is 15.9 Å². The number of nitrogens with two attached hydrogens (primary N) is 1. The van der Waals surface area contributed by atoms with Gasteiger partial charge in [0.1, 0.15) is 0 Å². The monoisotopic (exact) mass is 209 g/mol. The molecule has 0 bridgehead atoms. The smallest absolute Gasteiger partial charge is 0.338 e. The second kappa shape index (κ2) is 4.45. The van der Waals surface area contributed by atoms with Crippen molar-refractivity contribution in [1.82, 2.24) is 0 Å². The first-order valence-corrected chi connectivity index (χ1v) is 4.35.